The predicted octanol–water partition coefficient (Wildman–Crippen LogP) is 1.94. The molecule has 0 atom stereocenters. The molecule has 2 aliphatic rings. The number of H-pyrrole nitrogens is 1. The summed E-state index contributed by atoms with van der Waals surface area (Å²) in [5.74, 6) is 2.16. The highest BCUT2D eigenvalue weighted by molar-refractivity contribution is 7.13. The number of nitrogens with zero attached hydrogens (tertiary/aromatic N) is 4. The molecule has 1 aromatic carbocycles. The van der Waals surface area contributed by atoms with Gasteiger partial charge in [-0.2, -0.15) is 0 Å². The van der Waals surface area contributed by atoms with Crippen molar-refractivity contribution in [2.24, 2.45) is 0 Å². The zero-order valence-electron chi connectivity index (χ0n) is 15.1. The molecule has 2 aromatic heterocycles. The highest BCUT2D eigenvalue weighted by atomic mass is 32.1. The van der Waals surface area contributed by atoms with Crippen molar-refractivity contribution in [1.82, 2.24) is 20.1 Å². The lowest BCUT2D eigenvalue weighted by Gasteiger charge is -2.34. The molecule has 3 aromatic rings. The number of anilines is 1. The van der Waals surface area contributed by atoms with Gasteiger partial charge < -0.3 is 14.4 Å². The van der Waals surface area contributed by atoms with Crippen LogP contribution in [0.1, 0.15) is 5.56 Å². The van der Waals surface area contributed by atoms with Crippen molar-refractivity contribution in [3.8, 4) is 22.1 Å². The molecule has 0 bridgehead atoms. The third-order valence-corrected chi connectivity index (χ3v) is 5.83. The summed E-state index contributed by atoms with van der Waals surface area (Å²) < 4.78 is 10.8. The first-order chi connectivity index (χ1) is 13.8. The van der Waals surface area contributed by atoms with E-state index in [1.807, 2.05) is 29.6 Å². The molecule has 1 N–H and O–H groups in total. The number of thiophene rings is 1. The van der Waals surface area contributed by atoms with Gasteiger partial charge in [0.15, 0.2) is 17.2 Å². The summed E-state index contributed by atoms with van der Waals surface area (Å²) in [6, 6.07) is 9.85. The first-order valence-electron chi connectivity index (χ1n) is 9.13. The fourth-order valence-electron chi connectivity index (χ4n) is 3.46. The molecule has 0 unspecified atom stereocenters. The summed E-state index contributed by atoms with van der Waals surface area (Å²) in [6.07, 6.45) is 0. The maximum Gasteiger partial charge on any atom is 0.280 e. The Morgan fingerprint density at radius 2 is 1.93 bits per heavy atom. The Morgan fingerprint density at radius 1 is 1.07 bits per heavy atom. The summed E-state index contributed by atoms with van der Waals surface area (Å²) >= 11 is 1.48. The maximum absolute atomic E-state index is 12.4. The van der Waals surface area contributed by atoms with Crippen LogP contribution >= 0.6 is 11.3 Å². The van der Waals surface area contributed by atoms with Gasteiger partial charge in [0.05, 0.1) is 4.88 Å². The Morgan fingerprint density at radius 3 is 2.71 bits per heavy atom. The monoisotopic (exact) mass is 397 g/mol. The number of benzene rings is 1. The van der Waals surface area contributed by atoms with E-state index in [4.69, 9.17) is 9.47 Å². The van der Waals surface area contributed by atoms with Crippen LogP contribution in [0.2, 0.25) is 0 Å². The molecule has 0 aliphatic carbocycles. The number of piperazine rings is 1. The Hall–Kier alpha value is -2.91. The van der Waals surface area contributed by atoms with Crippen molar-refractivity contribution in [3.63, 3.8) is 0 Å². The van der Waals surface area contributed by atoms with Crippen LogP contribution in [0.25, 0.3) is 10.6 Å². The lowest BCUT2D eigenvalue weighted by atomic mass is 10.1. The Bertz CT molecular complexity index is 1030. The van der Waals surface area contributed by atoms with Crippen LogP contribution in [0.5, 0.6) is 11.5 Å². The first-order valence-corrected chi connectivity index (χ1v) is 10.0. The average molecular weight is 397 g/mol. The number of hydrogen-bond donors (Lipinski definition) is 1. The van der Waals surface area contributed by atoms with Crippen LogP contribution in [0, 0.1) is 0 Å². The highest BCUT2D eigenvalue weighted by Crippen LogP contribution is 2.32. The second-order valence-electron chi connectivity index (χ2n) is 6.75. The van der Waals surface area contributed by atoms with Crippen molar-refractivity contribution in [2.75, 3.05) is 37.9 Å². The topological polar surface area (TPSA) is 83.6 Å². The largest absolute Gasteiger partial charge is 0.454 e. The summed E-state index contributed by atoms with van der Waals surface area (Å²) in [4.78, 5) is 20.5. The SMILES string of the molecule is O=c1[nH]c(N2CCN(Cc3ccc4c(c3)OCO4)CC2)nnc1-c1cccs1. The molecule has 0 spiro atoms. The molecule has 1 fully saturated rings. The quantitative estimate of drug-likeness (QED) is 0.720. The predicted molar refractivity (Wildman–Crippen MR) is 106 cm³/mol. The van der Waals surface area contributed by atoms with E-state index >= 15 is 0 Å². The van der Waals surface area contributed by atoms with Gasteiger partial charge in [0, 0.05) is 32.7 Å². The van der Waals surface area contributed by atoms with Crippen LogP contribution in [-0.2, 0) is 6.54 Å². The number of hydrogen-bond acceptors (Lipinski definition) is 8. The molecular weight excluding hydrogens is 378 g/mol. The first kappa shape index (κ1) is 17.2. The normalized spacial score (nSPS) is 16.5. The van der Waals surface area contributed by atoms with Gasteiger partial charge in [0.2, 0.25) is 12.7 Å². The smallest absolute Gasteiger partial charge is 0.280 e. The van der Waals surface area contributed by atoms with E-state index in [9.17, 15) is 4.79 Å². The van der Waals surface area contributed by atoms with Gasteiger partial charge in [-0.05, 0) is 29.1 Å². The van der Waals surface area contributed by atoms with E-state index in [2.05, 4.69) is 31.0 Å². The summed E-state index contributed by atoms with van der Waals surface area (Å²) in [6.45, 7) is 4.47. The number of aromatic nitrogens is 3. The minimum Gasteiger partial charge on any atom is -0.454 e. The molecule has 5 rings (SSSR count). The maximum atomic E-state index is 12.4. The number of aromatic amines is 1. The van der Waals surface area contributed by atoms with Gasteiger partial charge >= 0.3 is 0 Å². The molecule has 1 saturated heterocycles. The summed E-state index contributed by atoms with van der Waals surface area (Å²) in [7, 11) is 0. The van der Waals surface area contributed by atoms with E-state index in [0.29, 0.717) is 18.4 Å². The molecule has 0 saturated carbocycles. The Labute approximate surface area is 165 Å². The average Bonchev–Trinajstić information content (AvgIpc) is 3.40. The van der Waals surface area contributed by atoms with Crippen molar-refractivity contribution >= 4 is 17.3 Å². The molecule has 28 heavy (non-hydrogen) atoms. The van der Waals surface area contributed by atoms with Gasteiger partial charge in [-0.1, -0.05) is 12.1 Å². The molecular formula is C19H19N5O3S. The number of ether oxygens (including phenoxy) is 2. The molecule has 4 heterocycles. The van der Waals surface area contributed by atoms with Crippen LogP contribution < -0.4 is 19.9 Å². The molecule has 9 heteroatoms. The van der Waals surface area contributed by atoms with E-state index in [1.54, 1.807) is 0 Å². The lowest BCUT2D eigenvalue weighted by molar-refractivity contribution is 0.174. The van der Waals surface area contributed by atoms with E-state index in [1.165, 1.54) is 16.9 Å². The molecule has 0 amide bonds. The lowest BCUT2D eigenvalue weighted by Crippen LogP contribution is -2.47. The van der Waals surface area contributed by atoms with Gasteiger partial charge in [-0.15, -0.1) is 21.5 Å². The van der Waals surface area contributed by atoms with Crippen molar-refractivity contribution < 1.29 is 9.47 Å². The zero-order chi connectivity index (χ0) is 18.9. The molecule has 144 valence electrons. The van der Waals surface area contributed by atoms with Crippen LogP contribution in [0.15, 0.2) is 40.5 Å². The van der Waals surface area contributed by atoms with E-state index in [0.717, 1.165) is 49.1 Å². The van der Waals surface area contributed by atoms with Crippen LogP contribution in [0.3, 0.4) is 0 Å². The highest BCUT2D eigenvalue weighted by Gasteiger charge is 2.21. The number of nitrogens with one attached hydrogen (secondary N) is 1. The third kappa shape index (κ3) is 3.34. The zero-order valence-corrected chi connectivity index (χ0v) is 15.9. The Kier molecular flexibility index (Phi) is 4.46. The van der Waals surface area contributed by atoms with E-state index < -0.39 is 0 Å². The third-order valence-electron chi connectivity index (χ3n) is 4.95. The molecule has 0 radical (unpaired) electrons. The van der Waals surface area contributed by atoms with Crippen molar-refractivity contribution in [2.45, 2.75) is 6.54 Å². The van der Waals surface area contributed by atoms with Crippen LogP contribution in [0.4, 0.5) is 5.95 Å². The number of rotatable bonds is 4. The Balaban J connectivity index is 1.22. The molecule has 8 nitrogen and oxygen atoms in total. The van der Waals surface area contributed by atoms with Crippen molar-refractivity contribution in [3.05, 3.63) is 51.6 Å². The standard InChI is InChI=1S/C19H19N5O3S/c25-18-17(16-2-1-9-28-16)21-22-19(20-18)24-7-5-23(6-8-24)11-13-3-4-14-15(10-13)27-12-26-14/h1-4,9-10H,5-8,11-12H2,(H,20,22,25). The van der Waals surface area contributed by atoms with E-state index in [-0.39, 0.29) is 5.56 Å². The van der Waals surface area contributed by atoms with Gasteiger partial charge in [0.25, 0.3) is 5.56 Å². The minimum atomic E-state index is -0.199. The van der Waals surface area contributed by atoms with Crippen molar-refractivity contribution in [1.29, 1.82) is 0 Å². The molecule has 2 aliphatic heterocycles. The number of fused-ring (bicyclic) bond motifs is 1. The van der Waals surface area contributed by atoms with Gasteiger partial charge in [-0.25, -0.2) is 0 Å². The second-order valence-corrected chi connectivity index (χ2v) is 7.70. The van der Waals surface area contributed by atoms with Crippen LogP contribution in [-0.4, -0.2) is 53.1 Å². The fourth-order valence-corrected chi connectivity index (χ4v) is 4.17. The second kappa shape index (κ2) is 7.25. The van der Waals surface area contributed by atoms with Gasteiger partial charge in [-0.3, -0.25) is 14.7 Å². The summed E-state index contributed by atoms with van der Waals surface area (Å²) in [5.41, 5.74) is 1.38. The fraction of sp³-hybridized carbons (Fsp3) is 0.316. The summed E-state index contributed by atoms with van der Waals surface area (Å²) in [5, 5.41) is 10.3. The van der Waals surface area contributed by atoms with Gasteiger partial charge in [0.1, 0.15) is 0 Å². The minimum absolute atomic E-state index is 0.199.